The molecule has 0 spiro atoms. The first kappa shape index (κ1) is 32.1. The lowest BCUT2D eigenvalue weighted by Gasteiger charge is -2.42. The summed E-state index contributed by atoms with van der Waals surface area (Å²) in [6.07, 6.45) is 3.67. The van der Waals surface area contributed by atoms with Crippen LogP contribution in [0.1, 0.15) is 107 Å². The predicted octanol–water partition coefficient (Wildman–Crippen LogP) is 4.51. The van der Waals surface area contributed by atoms with Crippen molar-refractivity contribution in [3.8, 4) is 0 Å². The van der Waals surface area contributed by atoms with Gasteiger partial charge in [-0.3, -0.25) is 14.4 Å². The summed E-state index contributed by atoms with van der Waals surface area (Å²) in [5, 5.41) is 19.6. The summed E-state index contributed by atoms with van der Waals surface area (Å²) in [5.74, 6) is -5.48. The Balaban J connectivity index is 0.000000306. The SMILES string of the molecule is CC(C)(C)OC(=O)CC1(C(=O)O)CCC1.CC(C)(C)OC(=O)CC1(C(O)=C2C(=O)OC(C)(C)OC2=O)CCC1. The van der Waals surface area contributed by atoms with E-state index in [-0.39, 0.29) is 12.8 Å². The molecule has 3 fully saturated rings. The number of hydrogen-bond donors (Lipinski definition) is 2. The standard InChI is InChI=1S/C17H24O7.C11H18O4/c1-15(2,3)22-10(18)9-17(7-6-8-17)12(19)11-13(20)23-16(4,5)24-14(11)21;1-10(2,3)15-8(12)7-11(9(13)14)5-4-6-11/h19H,6-9H2,1-5H3;4-7H2,1-3H3,(H,13,14). The Bertz CT molecular complexity index is 1010. The third-order valence-corrected chi connectivity index (χ3v) is 6.70. The molecule has 1 saturated heterocycles. The molecule has 0 atom stereocenters. The number of ether oxygens (including phenoxy) is 4. The minimum absolute atomic E-state index is 0.000394. The molecule has 2 aliphatic carbocycles. The monoisotopic (exact) mass is 554 g/mol. The van der Waals surface area contributed by atoms with Crippen LogP contribution in [0.2, 0.25) is 0 Å². The number of carboxylic acid groups (broad SMARTS) is 1. The van der Waals surface area contributed by atoms with Gasteiger partial charge in [0.2, 0.25) is 0 Å². The van der Waals surface area contributed by atoms with Gasteiger partial charge in [0.1, 0.15) is 17.0 Å². The normalized spacial score (nSPS) is 21.0. The Kier molecular flexibility index (Phi) is 9.20. The minimum Gasteiger partial charge on any atom is -0.511 e. The van der Waals surface area contributed by atoms with Gasteiger partial charge in [0, 0.05) is 19.3 Å². The van der Waals surface area contributed by atoms with E-state index in [4.69, 9.17) is 24.1 Å². The summed E-state index contributed by atoms with van der Waals surface area (Å²) in [6, 6.07) is 0. The van der Waals surface area contributed by atoms with Crippen molar-refractivity contribution in [2.75, 3.05) is 0 Å². The molecular formula is C28H42O11. The number of carboxylic acids is 1. The number of rotatable bonds is 6. The number of cyclic esters (lactones) is 2. The molecule has 3 aliphatic rings. The quantitative estimate of drug-likeness (QED) is 0.156. The van der Waals surface area contributed by atoms with E-state index in [1.165, 1.54) is 13.8 Å². The van der Waals surface area contributed by atoms with E-state index in [1.807, 2.05) is 0 Å². The molecule has 1 heterocycles. The number of aliphatic carboxylic acids is 1. The number of aliphatic hydroxyl groups is 1. The zero-order valence-corrected chi connectivity index (χ0v) is 24.2. The molecule has 2 N–H and O–H groups in total. The molecule has 0 unspecified atom stereocenters. The molecule has 0 radical (unpaired) electrons. The minimum atomic E-state index is -1.38. The molecule has 0 aromatic carbocycles. The van der Waals surface area contributed by atoms with Gasteiger partial charge in [0.15, 0.2) is 5.57 Å². The Morgan fingerprint density at radius 3 is 1.38 bits per heavy atom. The van der Waals surface area contributed by atoms with Gasteiger partial charge in [-0.25, -0.2) is 9.59 Å². The summed E-state index contributed by atoms with van der Waals surface area (Å²) < 4.78 is 20.4. The van der Waals surface area contributed by atoms with Crippen molar-refractivity contribution < 1.29 is 53.1 Å². The number of carbonyl (C=O) groups is 5. The fourth-order valence-electron chi connectivity index (χ4n) is 4.59. The smallest absolute Gasteiger partial charge is 0.352 e. The van der Waals surface area contributed by atoms with Crippen LogP contribution >= 0.6 is 0 Å². The van der Waals surface area contributed by atoms with Crippen molar-refractivity contribution in [2.45, 2.75) is 124 Å². The fraction of sp³-hybridized carbons (Fsp3) is 0.750. The molecule has 11 nitrogen and oxygen atoms in total. The summed E-state index contributed by atoms with van der Waals surface area (Å²) >= 11 is 0. The zero-order chi connectivity index (χ0) is 30.0. The summed E-state index contributed by atoms with van der Waals surface area (Å²) in [5.41, 5.74) is -3.55. The first-order chi connectivity index (χ1) is 17.6. The van der Waals surface area contributed by atoms with Crippen molar-refractivity contribution in [3.05, 3.63) is 11.3 Å². The van der Waals surface area contributed by atoms with Gasteiger partial charge in [-0.2, -0.15) is 0 Å². The molecule has 0 bridgehead atoms. The highest BCUT2D eigenvalue weighted by molar-refractivity contribution is 6.16. The Morgan fingerprint density at radius 2 is 1.10 bits per heavy atom. The lowest BCUT2D eigenvalue weighted by molar-refractivity contribution is -0.223. The second-order valence-corrected chi connectivity index (χ2v) is 13.0. The maximum absolute atomic E-state index is 12.1. The van der Waals surface area contributed by atoms with Crippen molar-refractivity contribution in [1.82, 2.24) is 0 Å². The highest BCUT2D eigenvalue weighted by Gasteiger charge is 2.50. The Morgan fingerprint density at radius 1 is 0.744 bits per heavy atom. The molecule has 220 valence electrons. The van der Waals surface area contributed by atoms with E-state index in [2.05, 4.69) is 0 Å². The van der Waals surface area contributed by atoms with Gasteiger partial charge in [0.25, 0.3) is 5.79 Å². The molecule has 39 heavy (non-hydrogen) atoms. The Hall–Kier alpha value is -3.11. The number of aliphatic hydroxyl groups excluding tert-OH is 1. The van der Waals surface area contributed by atoms with Gasteiger partial charge >= 0.3 is 29.8 Å². The van der Waals surface area contributed by atoms with E-state index in [0.717, 1.165) is 12.8 Å². The summed E-state index contributed by atoms with van der Waals surface area (Å²) in [6.45, 7) is 13.4. The molecule has 1 aliphatic heterocycles. The van der Waals surface area contributed by atoms with E-state index in [0.29, 0.717) is 25.7 Å². The Labute approximate surface area is 229 Å². The van der Waals surface area contributed by atoms with Crippen molar-refractivity contribution in [1.29, 1.82) is 0 Å². The molecule has 0 aromatic rings. The second kappa shape index (κ2) is 11.2. The molecule has 0 aromatic heterocycles. The maximum atomic E-state index is 12.1. The topological polar surface area (TPSA) is 163 Å². The molecule has 2 saturated carbocycles. The predicted molar refractivity (Wildman–Crippen MR) is 137 cm³/mol. The maximum Gasteiger partial charge on any atom is 0.352 e. The molecule has 11 heteroatoms. The first-order valence-electron chi connectivity index (χ1n) is 13.2. The van der Waals surface area contributed by atoms with Crippen LogP contribution in [0.15, 0.2) is 11.3 Å². The average Bonchev–Trinajstić information content (AvgIpc) is 2.63. The van der Waals surface area contributed by atoms with Crippen molar-refractivity contribution in [2.24, 2.45) is 10.8 Å². The molecule has 0 amide bonds. The third-order valence-electron chi connectivity index (χ3n) is 6.70. The van der Waals surface area contributed by atoms with Gasteiger partial charge < -0.3 is 29.2 Å². The van der Waals surface area contributed by atoms with Crippen LogP contribution in [-0.2, 0) is 42.9 Å². The number of carbonyl (C=O) groups excluding carboxylic acids is 4. The van der Waals surface area contributed by atoms with Crippen molar-refractivity contribution >= 4 is 29.8 Å². The van der Waals surface area contributed by atoms with E-state index in [9.17, 15) is 29.1 Å². The lowest BCUT2D eigenvalue weighted by atomic mass is 9.64. The van der Waals surface area contributed by atoms with E-state index < -0.39 is 69.0 Å². The largest absolute Gasteiger partial charge is 0.511 e. The number of esters is 4. The summed E-state index contributed by atoms with van der Waals surface area (Å²) in [7, 11) is 0. The number of hydrogen-bond acceptors (Lipinski definition) is 10. The number of allylic oxidation sites excluding steroid dienone is 1. The third kappa shape index (κ3) is 8.44. The van der Waals surface area contributed by atoms with E-state index in [1.54, 1.807) is 41.5 Å². The van der Waals surface area contributed by atoms with Crippen molar-refractivity contribution in [3.63, 3.8) is 0 Å². The zero-order valence-electron chi connectivity index (χ0n) is 24.2. The van der Waals surface area contributed by atoms with Crippen LogP contribution in [0.5, 0.6) is 0 Å². The molecular weight excluding hydrogens is 512 g/mol. The van der Waals surface area contributed by atoms with Gasteiger partial charge in [0.05, 0.1) is 18.3 Å². The van der Waals surface area contributed by atoms with E-state index >= 15 is 0 Å². The highest BCUT2D eigenvalue weighted by Crippen LogP contribution is 2.51. The van der Waals surface area contributed by atoms with Gasteiger partial charge in [-0.05, 0) is 67.2 Å². The lowest BCUT2D eigenvalue weighted by Crippen LogP contribution is -2.45. The summed E-state index contributed by atoms with van der Waals surface area (Å²) in [4.78, 5) is 58.8. The van der Waals surface area contributed by atoms with Crippen LogP contribution in [0.25, 0.3) is 0 Å². The fourth-order valence-corrected chi connectivity index (χ4v) is 4.59. The van der Waals surface area contributed by atoms with Crippen LogP contribution in [0, 0.1) is 10.8 Å². The van der Waals surface area contributed by atoms with Gasteiger partial charge in [-0.15, -0.1) is 0 Å². The van der Waals surface area contributed by atoms with Crippen LogP contribution < -0.4 is 0 Å². The molecule has 3 rings (SSSR count). The van der Waals surface area contributed by atoms with Gasteiger partial charge in [-0.1, -0.05) is 12.8 Å². The van der Waals surface area contributed by atoms with Crippen LogP contribution in [0.4, 0.5) is 0 Å². The van der Waals surface area contributed by atoms with Crippen LogP contribution in [0.3, 0.4) is 0 Å². The average molecular weight is 555 g/mol. The van der Waals surface area contributed by atoms with Crippen LogP contribution in [-0.4, -0.2) is 57.0 Å². The first-order valence-corrected chi connectivity index (χ1v) is 13.2. The highest BCUT2D eigenvalue weighted by atomic mass is 16.7. The second-order valence-electron chi connectivity index (χ2n) is 13.0.